The van der Waals surface area contributed by atoms with Gasteiger partial charge >= 0.3 is 0 Å². The van der Waals surface area contributed by atoms with E-state index in [0.29, 0.717) is 31.1 Å². The predicted octanol–water partition coefficient (Wildman–Crippen LogP) is 2.66. The Morgan fingerprint density at radius 2 is 1.63 bits per heavy atom. The molecule has 1 heterocycles. The van der Waals surface area contributed by atoms with Gasteiger partial charge in [-0.2, -0.15) is 4.31 Å². The summed E-state index contributed by atoms with van der Waals surface area (Å²) in [5.41, 5.74) is 2.28. The SMILES string of the molecule is Cc1ccc(OCC(=O)NCCOc2ccc(S(=O)(=O)N3CCCC3)cc2)cc1C. The van der Waals surface area contributed by atoms with Crippen LogP contribution < -0.4 is 14.8 Å². The molecule has 1 amide bonds. The molecule has 0 aliphatic carbocycles. The Morgan fingerprint density at radius 1 is 0.967 bits per heavy atom. The zero-order valence-corrected chi connectivity index (χ0v) is 18.2. The molecule has 1 fully saturated rings. The largest absolute Gasteiger partial charge is 0.492 e. The molecular formula is C22H28N2O5S. The lowest BCUT2D eigenvalue weighted by atomic mass is 10.1. The summed E-state index contributed by atoms with van der Waals surface area (Å²) >= 11 is 0. The fraction of sp³-hybridized carbons (Fsp3) is 0.409. The first-order valence-corrected chi connectivity index (χ1v) is 11.5. The Morgan fingerprint density at radius 3 is 2.30 bits per heavy atom. The van der Waals surface area contributed by atoms with Gasteiger partial charge in [-0.15, -0.1) is 0 Å². The highest BCUT2D eigenvalue weighted by Crippen LogP contribution is 2.22. The number of carbonyl (C=O) groups is 1. The van der Waals surface area contributed by atoms with Crippen LogP contribution in [-0.4, -0.2) is 51.5 Å². The minimum absolute atomic E-state index is 0.0639. The summed E-state index contributed by atoms with van der Waals surface area (Å²) in [6.07, 6.45) is 1.81. The molecule has 0 radical (unpaired) electrons. The van der Waals surface area contributed by atoms with Crippen LogP contribution in [-0.2, 0) is 14.8 Å². The van der Waals surface area contributed by atoms with E-state index in [2.05, 4.69) is 5.32 Å². The molecule has 3 rings (SSSR count). The van der Waals surface area contributed by atoms with Crippen molar-refractivity contribution in [3.8, 4) is 11.5 Å². The number of benzene rings is 2. The summed E-state index contributed by atoms with van der Waals surface area (Å²) in [6.45, 7) is 5.70. The van der Waals surface area contributed by atoms with Crippen LogP contribution in [0.2, 0.25) is 0 Å². The molecule has 0 bridgehead atoms. The van der Waals surface area contributed by atoms with E-state index in [1.165, 1.54) is 9.87 Å². The van der Waals surface area contributed by atoms with E-state index in [-0.39, 0.29) is 24.0 Å². The molecule has 0 spiro atoms. The fourth-order valence-corrected chi connectivity index (χ4v) is 4.67. The first kappa shape index (κ1) is 22.1. The monoisotopic (exact) mass is 432 g/mol. The van der Waals surface area contributed by atoms with E-state index < -0.39 is 10.0 Å². The van der Waals surface area contributed by atoms with Crippen molar-refractivity contribution in [1.29, 1.82) is 0 Å². The molecule has 1 saturated heterocycles. The van der Waals surface area contributed by atoms with Gasteiger partial charge in [0.2, 0.25) is 10.0 Å². The average Bonchev–Trinajstić information content (AvgIpc) is 3.28. The van der Waals surface area contributed by atoms with Crippen molar-refractivity contribution in [3.05, 3.63) is 53.6 Å². The van der Waals surface area contributed by atoms with Gasteiger partial charge in [0, 0.05) is 13.1 Å². The Bertz CT molecular complexity index is 968. The molecule has 162 valence electrons. The quantitative estimate of drug-likeness (QED) is 0.616. The van der Waals surface area contributed by atoms with Crippen molar-refractivity contribution >= 4 is 15.9 Å². The molecule has 0 aromatic heterocycles. The molecule has 30 heavy (non-hydrogen) atoms. The molecule has 1 N–H and O–H groups in total. The van der Waals surface area contributed by atoms with E-state index in [0.717, 1.165) is 18.4 Å². The molecule has 2 aromatic carbocycles. The topological polar surface area (TPSA) is 84.9 Å². The van der Waals surface area contributed by atoms with Crippen molar-refractivity contribution < 1.29 is 22.7 Å². The number of carbonyl (C=O) groups excluding carboxylic acids is 1. The third kappa shape index (κ3) is 5.73. The molecule has 0 unspecified atom stereocenters. The smallest absolute Gasteiger partial charge is 0.258 e. The van der Waals surface area contributed by atoms with Gasteiger partial charge in [-0.3, -0.25) is 4.79 Å². The summed E-state index contributed by atoms with van der Waals surface area (Å²) in [6, 6.07) is 12.1. The highest BCUT2D eigenvalue weighted by molar-refractivity contribution is 7.89. The normalized spacial score (nSPS) is 14.5. The molecule has 1 aliphatic heterocycles. The maximum atomic E-state index is 12.5. The van der Waals surface area contributed by atoms with Crippen LogP contribution in [0, 0.1) is 13.8 Å². The van der Waals surface area contributed by atoms with E-state index in [1.54, 1.807) is 24.3 Å². The van der Waals surface area contributed by atoms with Gasteiger partial charge in [0.15, 0.2) is 6.61 Å². The Hall–Kier alpha value is -2.58. The summed E-state index contributed by atoms with van der Waals surface area (Å²) in [4.78, 5) is 12.2. The second kappa shape index (κ2) is 9.95. The van der Waals surface area contributed by atoms with Gasteiger partial charge in [0.1, 0.15) is 18.1 Å². The molecular weight excluding hydrogens is 404 g/mol. The standard InChI is InChI=1S/C22H28N2O5S/c1-17-5-6-20(15-18(17)2)29-16-22(25)23-11-14-28-19-7-9-21(10-8-19)30(26,27)24-12-3-4-13-24/h5-10,15H,3-4,11-14,16H2,1-2H3,(H,23,25). The number of amides is 1. The van der Waals surface area contributed by atoms with Crippen LogP contribution in [0.1, 0.15) is 24.0 Å². The zero-order valence-electron chi connectivity index (χ0n) is 17.4. The number of rotatable bonds is 9. The van der Waals surface area contributed by atoms with Crippen molar-refractivity contribution in [2.45, 2.75) is 31.6 Å². The highest BCUT2D eigenvalue weighted by atomic mass is 32.2. The molecule has 7 nitrogen and oxygen atoms in total. The maximum absolute atomic E-state index is 12.5. The van der Waals surface area contributed by atoms with E-state index in [1.807, 2.05) is 32.0 Å². The summed E-state index contributed by atoms with van der Waals surface area (Å²) in [7, 11) is -3.42. The van der Waals surface area contributed by atoms with Gasteiger partial charge in [0.05, 0.1) is 11.4 Å². The van der Waals surface area contributed by atoms with Gasteiger partial charge in [-0.1, -0.05) is 6.07 Å². The molecule has 0 saturated carbocycles. The number of aryl methyl sites for hydroxylation is 2. The molecule has 1 aliphatic rings. The van der Waals surface area contributed by atoms with Gasteiger partial charge in [0.25, 0.3) is 5.91 Å². The van der Waals surface area contributed by atoms with Crippen LogP contribution in [0.25, 0.3) is 0 Å². The second-order valence-electron chi connectivity index (χ2n) is 7.32. The van der Waals surface area contributed by atoms with Crippen LogP contribution in [0.3, 0.4) is 0 Å². The summed E-state index contributed by atoms with van der Waals surface area (Å²) in [5, 5.41) is 2.73. The number of hydrogen-bond donors (Lipinski definition) is 1. The van der Waals surface area contributed by atoms with E-state index >= 15 is 0 Å². The fourth-order valence-electron chi connectivity index (χ4n) is 3.15. The van der Waals surface area contributed by atoms with Crippen LogP contribution >= 0.6 is 0 Å². The van der Waals surface area contributed by atoms with Gasteiger partial charge in [-0.05, 0) is 74.2 Å². The highest BCUT2D eigenvalue weighted by Gasteiger charge is 2.26. The molecule has 0 atom stereocenters. The number of hydrogen-bond acceptors (Lipinski definition) is 5. The number of nitrogens with one attached hydrogen (secondary N) is 1. The lowest BCUT2D eigenvalue weighted by Gasteiger charge is -2.15. The number of sulfonamides is 1. The minimum atomic E-state index is -3.42. The van der Waals surface area contributed by atoms with Crippen LogP contribution in [0.5, 0.6) is 11.5 Å². The van der Waals surface area contributed by atoms with Crippen molar-refractivity contribution in [1.82, 2.24) is 9.62 Å². The maximum Gasteiger partial charge on any atom is 0.258 e. The molecule has 2 aromatic rings. The van der Waals surface area contributed by atoms with Crippen molar-refractivity contribution in [2.24, 2.45) is 0 Å². The van der Waals surface area contributed by atoms with Crippen LogP contribution in [0.15, 0.2) is 47.4 Å². The zero-order chi connectivity index (χ0) is 21.6. The predicted molar refractivity (Wildman–Crippen MR) is 114 cm³/mol. The molecule has 8 heteroatoms. The van der Waals surface area contributed by atoms with Crippen molar-refractivity contribution in [2.75, 3.05) is 32.8 Å². The lowest BCUT2D eigenvalue weighted by Crippen LogP contribution is -2.32. The summed E-state index contributed by atoms with van der Waals surface area (Å²) < 4.78 is 37.6. The minimum Gasteiger partial charge on any atom is -0.492 e. The van der Waals surface area contributed by atoms with Crippen molar-refractivity contribution in [3.63, 3.8) is 0 Å². The van der Waals surface area contributed by atoms with Crippen LogP contribution in [0.4, 0.5) is 0 Å². The summed E-state index contributed by atoms with van der Waals surface area (Å²) in [5.74, 6) is 0.980. The average molecular weight is 433 g/mol. The number of ether oxygens (including phenoxy) is 2. The Kier molecular flexibility index (Phi) is 7.33. The first-order valence-electron chi connectivity index (χ1n) is 10.1. The Balaban J connectivity index is 1.38. The third-order valence-corrected chi connectivity index (χ3v) is 6.98. The van der Waals surface area contributed by atoms with E-state index in [4.69, 9.17) is 9.47 Å². The third-order valence-electron chi connectivity index (χ3n) is 5.07. The number of nitrogens with zero attached hydrogens (tertiary/aromatic N) is 1. The Labute approximate surface area is 178 Å². The first-order chi connectivity index (χ1) is 14.4. The van der Waals surface area contributed by atoms with E-state index in [9.17, 15) is 13.2 Å². The lowest BCUT2D eigenvalue weighted by molar-refractivity contribution is -0.123. The second-order valence-corrected chi connectivity index (χ2v) is 9.25. The van der Waals surface area contributed by atoms with Gasteiger partial charge in [-0.25, -0.2) is 8.42 Å². The van der Waals surface area contributed by atoms with Gasteiger partial charge < -0.3 is 14.8 Å².